The minimum absolute atomic E-state index is 0.0815. The number of anilines is 1. The van der Waals surface area contributed by atoms with E-state index in [9.17, 15) is 14.7 Å². The third kappa shape index (κ3) is 1.67. The molecule has 2 heterocycles. The Hall–Kier alpha value is -2.41. The van der Waals surface area contributed by atoms with Crippen LogP contribution in [0.5, 0.6) is 0 Å². The lowest BCUT2D eigenvalue weighted by molar-refractivity contribution is -0.137. The minimum atomic E-state index is -0.650. The van der Waals surface area contributed by atoms with Crippen LogP contribution in [0, 0.1) is 0 Å². The Morgan fingerprint density at radius 2 is 2.20 bits per heavy atom. The van der Waals surface area contributed by atoms with Crippen molar-refractivity contribution in [3.8, 4) is 0 Å². The Bertz CT molecular complexity index is 722. The fraction of sp³-hybridized carbons (Fsp3) is 0.308. The first-order valence-electron chi connectivity index (χ1n) is 6.20. The Balaban J connectivity index is 2.20. The average molecular weight is 274 g/mol. The molecule has 104 valence electrons. The van der Waals surface area contributed by atoms with E-state index in [0.717, 1.165) is 4.90 Å². The largest absolute Gasteiger partial charge is 0.399 e. The van der Waals surface area contributed by atoms with Gasteiger partial charge in [-0.15, -0.1) is 0 Å². The van der Waals surface area contributed by atoms with E-state index in [1.165, 1.54) is 7.05 Å². The van der Waals surface area contributed by atoms with Crippen LogP contribution in [0.4, 0.5) is 5.69 Å². The van der Waals surface area contributed by atoms with Crippen LogP contribution < -0.4 is 5.73 Å². The first-order chi connectivity index (χ1) is 9.52. The molecule has 7 nitrogen and oxygen atoms in total. The number of likely N-dealkylation sites (tertiary alicyclic amines) is 1. The Morgan fingerprint density at radius 1 is 1.45 bits per heavy atom. The maximum absolute atomic E-state index is 12.1. The topological polar surface area (TPSA) is 101 Å². The molecule has 3 N–H and O–H groups in total. The van der Waals surface area contributed by atoms with E-state index in [0.29, 0.717) is 22.5 Å². The van der Waals surface area contributed by atoms with Gasteiger partial charge in [-0.1, -0.05) is 0 Å². The van der Waals surface area contributed by atoms with Crippen molar-refractivity contribution in [2.45, 2.75) is 19.1 Å². The summed E-state index contributed by atoms with van der Waals surface area (Å²) in [5.41, 5.74) is 7.55. The third-order valence-corrected chi connectivity index (χ3v) is 3.60. The van der Waals surface area contributed by atoms with Crippen LogP contribution >= 0.6 is 0 Å². The molecule has 1 aromatic carbocycles. The number of amides is 2. The molecule has 1 unspecified atom stereocenters. The van der Waals surface area contributed by atoms with E-state index in [1.54, 1.807) is 22.8 Å². The summed E-state index contributed by atoms with van der Waals surface area (Å²) < 4.78 is 1.62. The SMILES string of the molecule is CN1C(=O)CC(n2c(CO)nc3cc(N)ccc32)C1=O. The molecule has 7 heteroatoms. The lowest BCUT2D eigenvalue weighted by atomic mass is 10.2. The number of aliphatic hydroxyl groups excluding tert-OH is 1. The number of nitrogens with zero attached hydrogens (tertiary/aromatic N) is 3. The maximum atomic E-state index is 12.1. The molecular weight excluding hydrogens is 260 g/mol. The number of likely N-dealkylation sites (N-methyl/N-ethyl adjacent to an activating group) is 1. The van der Waals surface area contributed by atoms with Gasteiger partial charge in [-0.05, 0) is 18.2 Å². The van der Waals surface area contributed by atoms with Gasteiger partial charge in [0.25, 0.3) is 5.91 Å². The summed E-state index contributed by atoms with van der Waals surface area (Å²) in [6, 6.07) is 4.47. The fourth-order valence-corrected chi connectivity index (χ4v) is 2.56. The van der Waals surface area contributed by atoms with Gasteiger partial charge in [0.05, 0.1) is 17.5 Å². The molecule has 0 radical (unpaired) electrons. The molecule has 2 aromatic rings. The molecule has 1 atom stereocenters. The van der Waals surface area contributed by atoms with E-state index in [1.807, 2.05) is 0 Å². The van der Waals surface area contributed by atoms with Gasteiger partial charge in [0.15, 0.2) is 0 Å². The second kappa shape index (κ2) is 4.31. The number of hydrogen-bond donors (Lipinski definition) is 2. The number of hydrogen-bond acceptors (Lipinski definition) is 5. The number of fused-ring (bicyclic) bond motifs is 1. The van der Waals surface area contributed by atoms with Gasteiger partial charge in [0.2, 0.25) is 5.91 Å². The van der Waals surface area contributed by atoms with E-state index < -0.39 is 6.04 Å². The molecule has 1 aliphatic rings. The third-order valence-electron chi connectivity index (χ3n) is 3.60. The highest BCUT2D eigenvalue weighted by Gasteiger charge is 2.38. The van der Waals surface area contributed by atoms with Crippen molar-refractivity contribution in [2.75, 3.05) is 12.8 Å². The van der Waals surface area contributed by atoms with Crippen LogP contribution in [0.2, 0.25) is 0 Å². The number of nitrogens with two attached hydrogens (primary N) is 1. The number of imidazole rings is 1. The second-order valence-electron chi connectivity index (χ2n) is 4.82. The Morgan fingerprint density at radius 3 is 2.80 bits per heavy atom. The van der Waals surface area contributed by atoms with Gasteiger partial charge >= 0.3 is 0 Å². The van der Waals surface area contributed by atoms with Gasteiger partial charge in [-0.2, -0.15) is 0 Å². The number of imide groups is 1. The van der Waals surface area contributed by atoms with E-state index in [2.05, 4.69) is 4.98 Å². The molecular formula is C13H14N4O3. The lowest BCUT2D eigenvalue weighted by Gasteiger charge is -2.14. The summed E-state index contributed by atoms with van der Waals surface area (Å²) in [5, 5.41) is 9.44. The monoisotopic (exact) mass is 274 g/mol. The normalized spacial score (nSPS) is 19.3. The Kier molecular flexibility index (Phi) is 2.72. The zero-order chi connectivity index (χ0) is 14.4. The summed E-state index contributed by atoms with van der Waals surface area (Å²) in [4.78, 5) is 29.2. The van der Waals surface area contributed by atoms with Crippen LogP contribution in [0.25, 0.3) is 11.0 Å². The lowest BCUT2D eigenvalue weighted by Crippen LogP contribution is -2.27. The van der Waals surface area contributed by atoms with E-state index in [-0.39, 0.29) is 24.8 Å². The van der Waals surface area contributed by atoms with Crippen molar-refractivity contribution < 1.29 is 14.7 Å². The second-order valence-corrected chi connectivity index (χ2v) is 4.82. The van der Waals surface area contributed by atoms with Crippen molar-refractivity contribution >= 4 is 28.5 Å². The van der Waals surface area contributed by atoms with Crippen molar-refractivity contribution in [3.05, 3.63) is 24.0 Å². The summed E-state index contributed by atoms with van der Waals surface area (Å²) in [6.45, 7) is -0.309. The van der Waals surface area contributed by atoms with E-state index in [4.69, 9.17) is 5.73 Å². The molecule has 0 saturated carbocycles. The molecule has 1 saturated heterocycles. The predicted octanol–water partition coefficient (Wildman–Crippen LogP) is 0.0406. The summed E-state index contributed by atoms with van der Waals surface area (Å²) >= 11 is 0. The summed E-state index contributed by atoms with van der Waals surface area (Å²) in [7, 11) is 1.46. The number of aromatic nitrogens is 2. The molecule has 2 amide bonds. The number of benzene rings is 1. The molecule has 1 fully saturated rings. The van der Waals surface area contributed by atoms with Crippen molar-refractivity contribution in [2.24, 2.45) is 0 Å². The fourth-order valence-electron chi connectivity index (χ4n) is 2.56. The van der Waals surface area contributed by atoms with Crippen molar-refractivity contribution in [1.82, 2.24) is 14.5 Å². The van der Waals surface area contributed by atoms with Gasteiger partial charge in [-0.25, -0.2) is 4.98 Å². The first-order valence-corrected chi connectivity index (χ1v) is 6.20. The van der Waals surface area contributed by atoms with Crippen molar-refractivity contribution in [3.63, 3.8) is 0 Å². The highest BCUT2D eigenvalue weighted by molar-refractivity contribution is 6.04. The summed E-state index contributed by atoms with van der Waals surface area (Å²) in [6.07, 6.45) is 0.0815. The highest BCUT2D eigenvalue weighted by Crippen LogP contribution is 2.30. The quantitative estimate of drug-likeness (QED) is 0.594. The van der Waals surface area contributed by atoms with Crippen LogP contribution in [0.3, 0.4) is 0 Å². The standard InChI is InChI=1S/C13H14N4O3/c1-16-12(19)5-10(13(16)20)17-9-3-2-7(14)4-8(9)15-11(17)6-18/h2-4,10,18H,5-6,14H2,1H3. The zero-order valence-electron chi connectivity index (χ0n) is 10.9. The molecule has 1 aromatic heterocycles. The predicted molar refractivity (Wildman–Crippen MR) is 71.5 cm³/mol. The van der Waals surface area contributed by atoms with Gasteiger partial charge in [0.1, 0.15) is 18.5 Å². The molecule has 1 aliphatic heterocycles. The number of carbonyl (C=O) groups is 2. The van der Waals surface area contributed by atoms with Crippen LogP contribution in [0.15, 0.2) is 18.2 Å². The molecule has 0 spiro atoms. The van der Waals surface area contributed by atoms with Crippen LogP contribution in [-0.4, -0.2) is 38.4 Å². The number of rotatable bonds is 2. The Labute approximate surface area is 114 Å². The smallest absolute Gasteiger partial charge is 0.252 e. The highest BCUT2D eigenvalue weighted by atomic mass is 16.3. The molecule has 0 aliphatic carbocycles. The molecule has 20 heavy (non-hydrogen) atoms. The maximum Gasteiger partial charge on any atom is 0.252 e. The average Bonchev–Trinajstić information content (AvgIpc) is 2.90. The first kappa shape index (κ1) is 12.6. The van der Waals surface area contributed by atoms with Crippen LogP contribution in [-0.2, 0) is 16.2 Å². The van der Waals surface area contributed by atoms with Crippen molar-refractivity contribution in [1.29, 1.82) is 0 Å². The number of nitrogen functional groups attached to an aromatic ring is 1. The van der Waals surface area contributed by atoms with Gasteiger partial charge in [-0.3, -0.25) is 14.5 Å². The van der Waals surface area contributed by atoms with Gasteiger partial charge < -0.3 is 15.4 Å². The minimum Gasteiger partial charge on any atom is -0.399 e. The van der Waals surface area contributed by atoms with Crippen LogP contribution in [0.1, 0.15) is 18.3 Å². The van der Waals surface area contributed by atoms with Gasteiger partial charge in [0, 0.05) is 12.7 Å². The number of aliphatic hydroxyl groups is 1. The summed E-state index contributed by atoms with van der Waals surface area (Å²) in [5.74, 6) is -0.172. The molecule has 3 rings (SSSR count). The zero-order valence-corrected chi connectivity index (χ0v) is 10.9. The molecule has 0 bridgehead atoms. The number of carbonyl (C=O) groups excluding carboxylic acids is 2. The van der Waals surface area contributed by atoms with E-state index >= 15 is 0 Å².